The van der Waals surface area contributed by atoms with E-state index in [1.807, 2.05) is 13.0 Å². The van der Waals surface area contributed by atoms with Crippen molar-refractivity contribution in [3.05, 3.63) is 40.8 Å². The molecule has 3 rings (SSSR count). The van der Waals surface area contributed by atoms with Gasteiger partial charge in [0.05, 0.1) is 23.8 Å². The first-order valence-corrected chi connectivity index (χ1v) is 9.51. The molecule has 0 aliphatic carbocycles. The lowest BCUT2D eigenvalue weighted by atomic mass is 10.3. The highest BCUT2D eigenvalue weighted by Crippen LogP contribution is 2.28. The molecule has 0 saturated carbocycles. The van der Waals surface area contributed by atoms with Gasteiger partial charge in [-0.25, -0.2) is 9.78 Å². The van der Waals surface area contributed by atoms with Crippen LogP contribution in [-0.2, 0) is 4.74 Å². The maximum atomic E-state index is 12.3. The van der Waals surface area contributed by atoms with Gasteiger partial charge in [-0.05, 0) is 38.1 Å². The summed E-state index contributed by atoms with van der Waals surface area (Å²) in [6.45, 7) is 4.63. The minimum Gasteiger partial charge on any atom is -0.489 e. The van der Waals surface area contributed by atoms with E-state index in [1.165, 1.54) is 6.20 Å². The number of aryl methyl sites for hydroxylation is 1. The molecule has 144 valence electrons. The smallest absolute Gasteiger partial charge is 0.325 e. The minimum atomic E-state index is -0.427. The molecule has 1 aliphatic heterocycles. The molecule has 1 saturated heterocycles. The Morgan fingerprint density at radius 2 is 2.26 bits per heavy atom. The van der Waals surface area contributed by atoms with Crippen molar-refractivity contribution < 1.29 is 14.3 Å². The molecule has 1 aromatic carbocycles. The van der Waals surface area contributed by atoms with E-state index in [-0.39, 0.29) is 6.10 Å². The third-order valence-electron chi connectivity index (χ3n) is 3.86. The molecule has 2 aromatic rings. The van der Waals surface area contributed by atoms with Crippen molar-refractivity contribution in [2.24, 2.45) is 0 Å². The van der Waals surface area contributed by atoms with E-state index in [2.05, 4.69) is 41.8 Å². The number of hydrogen-bond acceptors (Lipinski definition) is 6. The predicted molar refractivity (Wildman–Crippen MR) is 106 cm³/mol. The molecule has 8 nitrogen and oxygen atoms in total. The number of rotatable bonds is 5. The summed E-state index contributed by atoms with van der Waals surface area (Å²) in [6.07, 6.45) is 4.05. The molecule has 1 aromatic heterocycles. The molecule has 3 N–H and O–H groups in total. The van der Waals surface area contributed by atoms with Crippen LogP contribution in [0, 0.1) is 6.92 Å². The Morgan fingerprint density at radius 1 is 1.37 bits per heavy atom. The van der Waals surface area contributed by atoms with Gasteiger partial charge in [-0.3, -0.25) is 10.3 Å². The van der Waals surface area contributed by atoms with Crippen molar-refractivity contribution in [2.45, 2.75) is 19.4 Å². The number of carbonyl (C=O) groups is 1. The van der Waals surface area contributed by atoms with Crippen molar-refractivity contribution >= 4 is 33.5 Å². The van der Waals surface area contributed by atoms with Crippen LogP contribution in [0.1, 0.15) is 12.1 Å². The maximum absolute atomic E-state index is 12.3. The molecule has 9 heteroatoms. The van der Waals surface area contributed by atoms with Crippen LogP contribution in [-0.4, -0.2) is 48.4 Å². The zero-order chi connectivity index (χ0) is 19.1. The van der Waals surface area contributed by atoms with Crippen molar-refractivity contribution in [2.75, 3.05) is 36.9 Å². The summed E-state index contributed by atoms with van der Waals surface area (Å²) in [5.41, 5.74) is 1.32. The van der Waals surface area contributed by atoms with E-state index < -0.39 is 6.03 Å². The highest BCUT2D eigenvalue weighted by molar-refractivity contribution is 9.10. The third kappa shape index (κ3) is 6.16. The number of aromatic nitrogens is 2. The molecule has 0 radical (unpaired) electrons. The zero-order valence-electron chi connectivity index (χ0n) is 15.0. The summed E-state index contributed by atoms with van der Waals surface area (Å²) in [7, 11) is 0. The molecule has 0 spiro atoms. The van der Waals surface area contributed by atoms with Gasteiger partial charge in [-0.1, -0.05) is 15.9 Å². The lowest BCUT2D eigenvalue weighted by molar-refractivity contribution is 0.0326. The SMILES string of the molecule is Cc1cnc(NC(=O)Nc2cc(Br)ccc2OC[C@@H]2CNCCCO2)cn1. The number of nitrogens with one attached hydrogen (secondary N) is 3. The van der Waals surface area contributed by atoms with Crippen LogP contribution in [0.25, 0.3) is 0 Å². The maximum Gasteiger partial charge on any atom is 0.325 e. The summed E-state index contributed by atoms with van der Waals surface area (Å²) < 4.78 is 12.5. The number of amides is 2. The van der Waals surface area contributed by atoms with Crippen LogP contribution >= 0.6 is 15.9 Å². The Morgan fingerprint density at radius 3 is 3.07 bits per heavy atom. The number of hydrogen-bond donors (Lipinski definition) is 3. The number of carbonyl (C=O) groups excluding carboxylic acids is 1. The summed E-state index contributed by atoms with van der Waals surface area (Å²) in [4.78, 5) is 20.5. The van der Waals surface area contributed by atoms with Gasteiger partial charge in [0, 0.05) is 17.6 Å². The number of benzene rings is 1. The Hall–Kier alpha value is -2.23. The highest BCUT2D eigenvalue weighted by atomic mass is 79.9. The monoisotopic (exact) mass is 435 g/mol. The van der Waals surface area contributed by atoms with Crippen LogP contribution in [0.15, 0.2) is 35.1 Å². The van der Waals surface area contributed by atoms with E-state index in [4.69, 9.17) is 9.47 Å². The van der Waals surface area contributed by atoms with E-state index in [9.17, 15) is 4.79 Å². The Balaban J connectivity index is 1.62. The van der Waals surface area contributed by atoms with Crippen LogP contribution in [0.4, 0.5) is 16.3 Å². The van der Waals surface area contributed by atoms with Gasteiger partial charge in [-0.15, -0.1) is 0 Å². The van der Waals surface area contributed by atoms with Gasteiger partial charge >= 0.3 is 6.03 Å². The van der Waals surface area contributed by atoms with E-state index >= 15 is 0 Å². The lowest BCUT2D eigenvalue weighted by Gasteiger charge is -2.18. The van der Waals surface area contributed by atoms with E-state index in [0.717, 1.165) is 29.7 Å². The van der Waals surface area contributed by atoms with Gasteiger partial charge in [0.15, 0.2) is 5.82 Å². The van der Waals surface area contributed by atoms with Gasteiger partial charge in [-0.2, -0.15) is 0 Å². The largest absolute Gasteiger partial charge is 0.489 e. The third-order valence-corrected chi connectivity index (χ3v) is 4.35. The average molecular weight is 436 g/mol. The molecule has 27 heavy (non-hydrogen) atoms. The summed E-state index contributed by atoms with van der Waals surface area (Å²) in [5, 5.41) is 8.75. The van der Waals surface area contributed by atoms with Crippen LogP contribution < -0.4 is 20.7 Å². The molecule has 0 unspecified atom stereocenters. The first-order valence-electron chi connectivity index (χ1n) is 8.71. The van der Waals surface area contributed by atoms with Crippen LogP contribution in [0.3, 0.4) is 0 Å². The molecule has 1 aliphatic rings. The first kappa shape index (κ1) is 19.5. The zero-order valence-corrected chi connectivity index (χ0v) is 16.6. The molecular formula is C18H22BrN5O3. The topological polar surface area (TPSA) is 97.4 Å². The Labute approximate surface area is 166 Å². The average Bonchev–Trinajstić information content (AvgIpc) is 2.92. The second-order valence-corrected chi connectivity index (χ2v) is 7.04. The second-order valence-electron chi connectivity index (χ2n) is 6.12. The van der Waals surface area contributed by atoms with Gasteiger partial charge in [0.2, 0.25) is 0 Å². The van der Waals surface area contributed by atoms with Gasteiger partial charge in [0.25, 0.3) is 0 Å². The normalized spacial score (nSPS) is 17.0. The fourth-order valence-corrected chi connectivity index (χ4v) is 2.87. The van der Waals surface area contributed by atoms with Crippen molar-refractivity contribution in [1.29, 1.82) is 0 Å². The molecule has 0 bridgehead atoms. The minimum absolute atomic E-state index is 0.0272. The standard InChI is InChI=1S/C18H22BrN5O3/c1-12-8-22-17(10-21-12)24-18(25)23-15-7-13(19)3-4-16(15)27-11-14-9-20-5-2-6-26-14/h3-4,7-8,10,14,20H,2,5-6,9,11H2,1H3,(H2,22,23,24,25)/t14-/m0/s1. The Kier molecular flexibility index (Phi) is 6.97. The fraction of sp³-hybridized carbons (Fsp3) is 0.389. The summed E-state index contributed by atoms with van der Waals surface area (Å²) in [5.74, 6) is 0.935. The number of nitrogens with zero attached hydrogens (tertiary/aromatic N) is 2. The van der Waals surface area contributed by atoms with Crippen molar-refractivity contribution in [3.63, 3.8) is 0 Å². The molecule has 2 heterocycles. The molecule has 1 atom stereocenters. The summed E-state index contributed by atoms with van der Waals surface area (Å²) in [6, 6.07) is 5.01. The second kappa shape index (κ2) is 9.63. The van der Waals surface area contributed by atoms with Gasteiger partial charge < -0.3 is 20.1 Å². The number of halogens is 1. The van der Waals surface area contributed by atoms with Crippen molar-refractivity contribution in [1.82, 2.24) is 15.3 Å². The molecular weight excluding hydrogens is 414 g/mol. The number of anilines is 2. The predicted octanol–water partition coefficient (Wildman–Crippen LogP) is 2.95. The van der Waals surface area contributed by atoms with Crippen LogP contribution in [0.5, 0.6) is 5.75 Å². The lowest BCUT2D eigenvalue weighted by Crippen LogP contribution is -2.31. The number of urea groups is 1. The molecule has 2 amide bonds. The molecule has 1 fully saturated rings. The van der Waals surface area contributed by atoms with Gasteiger partial charge in [0.1, 0.15) is 18.5 Å². The Bertz CT molecular complexity index is 764. The quantitative estimate of drug-likeness (QED) is 0.667. The number of ether oxygens (including phenoxy) is 2. The fourth-order valence-electron chi connectivity index (χ4n) is 2.51. The van der Waals surface area contributed by atoms with E-state index in [0.29, 0.717) is 30.5 Å². The summed E-state index contributed by atoms with van der Waals surface area (Å²) >= 11 is 3.41. The highest BCUT2D eigenvalue weighted by Gasteiger charge is 2.15. The van der Waals surface area contributed by atoms with E-state index in [1.54, 1.807) is 18.3 Å². The first-order chi connectivity index (χ1) is 13.1. The van der Waals surface area contributed by atoms with Crippen molar-refractivity contribution in [3.8, 4) is 5.75 Å². The van der Waals surface area contributed by atoms with Crippen LogP contribution in [0.2, 0.25) is 0 Å².